The van der Waals surface area contributed by atoms with E-state index in [9.17, 15) is 0 Å². The maximum Gasteiger partial charge on any atom is 0.101 e. The number of nitrogen functional groups attached to an aromatic ring is 1. The van der Waals surface area contributed by atoms with Gasteiger partial charge in [0, 0.05) is 24.5 Å². The molecule has 0 heterocycles. The number of rotatable bonds is 3. The number of nitriles is 1. The van der Waals surface area contributed by atoms with Crippen LogP contribution in [-0.2, 0) is 0 Å². The number of hydrogen-bond acceptors (Lipinski definition) is 3. The summed E-state index contributed by atoms with van der Waals surface area (Å²) in [4.78, 5) is 2.31. The summed E-state index contributed by atoms with van der Waals surface area (Å²) in [6, 6.07) is 8.51. The Morgan fingerprint density at radius 2 is 2.00 bits per heavy atom. The molecule has 1 aliphatic rings. The molecule has 1 saturated carbocycles. The summed E-state index contributed by atoms with van der Waals surface area (Å²) in [6.45, 7) is 2.29. The summed E-state index contributed by atoms with van der Waals surface area (Å²) in [6.07, 6.45) is 6.45. The van der Waals surface area contributed by atoms with Gasteiger partial charge < -0.3 is 10.6 Å². The zero-order chi connectivity index (χ0) is 13.8. The van der Waals surface area contributed by atoms with Crippen LogP contribution in [0.1, 0.15) is 44.6 Å². The Balaban J connectivity index is 2.08. The summed E-state index contributed by atoms with van der Waals surface area (Å²) in [5.74, 6) is 0.908. The van der Waals surface area contributed by atoms with Crippen LogP contribution in [0.25, 0.3) is 0 Å². The van der Waals surface area contributed by atoms with E-state index in [0.717, 1.165) is 11.6 Å². The van der Waals surface area contributed by atoms with E-state index in [0.29, 0.717) is 17.3 Å². The molecule has 0 aliphatic heterocycles. The van der Waals surface area contributed by atoms with Crippen LogP contribution in [-0.4, -0.2) is 13.1 Å². The lowest BCUT2D eigenvalue weighted by molar-refractivity contribution is 0.313. The van der Waals surface area contributed by atoms with Crippen LogP contribution in [0.15, 0.2) is 18.2 Å². The van der Waals surface area contributed by atoms with E-state index in [2.05, 4.69) is 24.9 Å². The van der Waals surface area contributed by atoms with Crippen LogP contribution < -0.4 is 10.6 Å². The molecule has 0 atom stereocenters. The lowest BCUT2D eigenvalue weighted by Gasteiger charge is -2.36. The van der Waals surface area contributed by atoms with Crippen molar-refractivity contribution in [3.63, 3.8) is 0 Å². The molecule has 2 N–H and O–H groups in total. The summed E-state index contributed by atoms with van der Waals surface area (Å²) in [7, 11) is 2.13. The van der Waals surface area contributed by atoms with Crippen molar-refractivity contribution < 1.29 is 0 Å². The van der Waals surface area contributed by atoms with E-state index in [4.69, 9.17) is 11.0 Å². The number of anilines is 2. The second-order valence-electron chi connectivity index (χ2n) is 5.58. The second-order valence-corrected chi connectivity index (χ2v) is 5.58. The molecule has 3 heteroatoms. The molecule has 1 fully saturated rings. The van der Waals surface area contributed by atoms with E-state index in [1.807, 2.05) is 18.2 Å². The maximum absolute atomic E-state index is 9.05. The SMILES string of the molecule is CCC1CCC(N(C)c2ccc(N)c(C#N)c2)CC1. The monoisotopic (exact) mass is 257 g/mol. The van der Waals surface area contributed by atoms with Crippen molar-refractivity contribution in [2.75, 3.05) is 17.7 Å². The van der Waals surface area contributed by atoms with E-state index < -0.39 is 0 Å². The van der Waals surface area contributed by atoms with Crippen molar-refractivity contribution in [3.8, 4) is 6.07 Å². The molecular weight excluding hydrogens is 234 g/mol. The third-order valence-electron chi connectivity index (χ3n) is 4.51. The first-order chi connectivity index (χ1) is 9.15. The Morgan fingerprint density at radius 1 is 1.32 bits per heavy atom. The van der Waals surface area contributed by atoms with Gasteiger partial charge in [-0.25, -0.2) is 0 Å². The first-order valence-electron chi connectivity index (χ1n) is 7.18. The molecule has 1 aromatic carbocycles. The largest absolute Gasteiger partial charge is 0.398 e. The highest BCUT2D eigenvalue weighted by Gasteiger charge is 2.23. The number of nitrogens with two attached hydrogens (primary N) is 1. The van der Waals surface area contributed by atoms with E-state index in [1.165, 1.54) is 32.1 Å². The third kappa shape index (κ3) is 3.01. The van der Waals surface area contributed by atoms with Gasteiger partial charge in [-0.2, -0.15) is 5.26 Å². The summed E-state index contributed by atoms with van der Waals surface area (Å²) < 4.78 is 0. The molecule has 0 bridgehead atoms. The average Bonchev–Trinajstić information content (AvgIpc) is 2.47. The van der Waals surface area contributed by atoms with Crippen molar-refractivity contribution >= 4 is 11.4 Å². The minimum absolute atomic E-state index is 0.564. The Hall–Kier alpha value is -1.69. The Kier molecular flexibility index (Phi) is 4.31. The van der Waals surface area contributed by atoms with Crippen molar-refractivity contribution in [1.82, 2.24) is 0 Å². The lowest BCUT2D eigenvalue weighted by atomic mass is 9.84. The van der Waals surface area contributed by atoms with Gasteiger partial charge in [-0.15, -0.1) is 0 Å². The molecule has 102 valence electrons. The summed E-state index contributed by atoms with van der Waals surface area (Å²) >= 11 is 0. The first kappa shape index (κ1) is 13.7. The van der Waals surface area contributed by atoms with Crippen LogP contribution in [0.2, 0.25) is 0 Å². The predicted octanol–water partition coefficient (Wildman–Crippen LogP) is 3.55. The fourth-order valence-corrected chi connectivity index (χ4v) is 3.01. The molecule has 19 heavy (non-hydrogen) atoms. The number of nitrogens with zero attached hydrogens (tertiary/aromatic N) is 2. The zero-order valence-corrected chi connectivity index (χ0v) is 11.9. The summed E-state index contributed by atoms with van der Waals surface area (Å²) in [5, 5.41) is 9.05. The van der Waals surface area contributed by atoms with Gasteiger partial charge in [0.1, 0.15) is 6.07 Å². The molecule has 0 amide bonds. The molecule has 1 aliphatic carbocycles. The number of hydrogen-bond donors (Lipinski definition) is 1. The highest BCUT2D eigenvalue weighted by atomic mass is 15.1. The first-order valence-corrected chi connectivity index (χ1v) is 7.18. The van der Waals surface area contributed by atoms with E-state index in [1.54, 1.807) is 0 Å². The van der Waals surface area contributed by atoms with Gasteiger partial charge in [0.2, 0.25) is 0 Å². The third-order valence-corrected chi connectivity index (χ3v) is 4.51. The highest BCUT2D eigenvalue weighted by Crippen LogP contribution is 2.31. The van der Waals surface area contributed by atoms with Crippen LogP contribution in [0.5, 0.6) is 0 Å². The molecule has 0 radical (unpaired) electrons. The summed E-state index contributed by atoms with van der Waals surface area (Å²) in [5.41, 5.74) is 8.02. The standard InChI is InChI=1S/C16H23N3/c1-3-12-4-6-14(7-5-12)19(2)15-8-9-16(18)13(10-15)11-17/h8-10,12,14H,3-7,18H2,1-2H3. The Labute approximate surface area is 116 Å². The lowest BCUT2D eigenvalue weighted by Crippen LogP contribution is -2.35. The maximum atomic E-state index is 9.05. The minimum atomic E-state index is 0.564. The topological polar surface area (TPSA) is 53.0 Å². The normalized spacial score (nSPS) is 22.8. The van der Waals surface area contributed by atoms with Gasteiger partial charge in [-0.05, 0) is 49.8 Å². The van der Waals surface area contributed by atoms with Crippen LogP contribution in [0, 0.1) is 17.2 Å². The fourth-order valence-electron chi connectivity index (χ4n) is 3.01. The second kappa shape index (κ2) is 5.97. The average molecular weight is 257 g/mol. The van der Waals surface area contributed by atoms with Crippen LogP contribution in [0.3, 0.4) is 0 Å². The molecule has 0 spiro atoms. The van der Waals surface area contributed by atoms with Gasteiger partial charge >= 0.3 is 0 Å². The quantitative estimate of drug-likeness (QED) is 0.842. The molecule has 1 aromatic rings. The van der Waals surface area contributed by atoms with E-state index in [-0.39, 0.29) is 0 Å². The van der Waals surface area contributed by atoms with Gasteiger partial charge in [-0.3, -0.25) is 0 Å². The molecule has 0 unspecified atom stereocenters. The van der Waals surface area contributed by atoms with Crippen molar-refractivity contribution in [2.45, 2.75) is 45.1 Å². The molecule has 0 aromatic heterocycles. The van der Waals surface area contributed by atoms with Crippen LogP contribution >= 0.6 is 0 Å². The fraction of sp³-hybridized carbons (Fsp3) is 0.562. The van der Waals surface area contributed by atoms with E-state index >= 15 is 0 Å². The molecular formula is C16H23N3. The van der Waals surface area contributed by atoms with Gasteiger partial charge in [0.15, 0.2) is 0 Å². The van der Waals surface area contributed by atoms with Crippen molar-refractivity contribution in [2.24, 2.45) is 5.92 Å². The van der Waals surface area contributed by atoms with Crippen molar-refractivity contribution in [1.29, 1.82) is 5.26 Å². The van der Waals surface area contributed by atoms with Crippen molar-refractivity contribution in [3.05, 3.63) is 23.8 Å². The highest BCUT2D eigenvalue weighted by molar-refractivity contribution is 5.62. The molecule has 3 nitrogen and oxygen atoms in total. The van der Waals surface area contributed by atoms with Gasteiger partial charge in [0.25, 0.3) is 0 Å². The smallest absolute Gasteiger partial charge is 0.101 e. The molecule has 0 saturated heterocycles. The predicted molar refractivity (Wildman–Crippen MR) is 80.0 cm³/mol. The zero-order valence-electron chi connectivity index (χ0n) is 11.9. The van der Waals surface area contributed by atoms with Gasteiger partial charge in [0.05, 0.1) is 5.56 Å². The molecule has 2 rings (SSSR count). The van der Waals surface area contributed by atoms with Gasteiger partial charge in [-0.1, -0.05) is 13.3 Å². The Morgan fingerprint density at radius 3 is 2.58 bits per heavy atom. The number of benzene rings is 1. The van der Waals surface area contributed by atoms with Crippen LogP contribution in [0.4, 0.5) is 11.4 Å². The minimum Gasteiger partial charge on any atom is -0.398 e. The Bertz CT molecular complexity index is 467.